The van der Waals surface area contributed by atoms with E-state index in [4.69, 9.17) is 4.74 Å². The SMILES string of the molecule is CCOc1ccccc1N1C(=O)[C@H]2[C@H](C1=O)[C@@]1(CC)C(=O)[C@@]2(CC)C(c2ccccc2)=C1c1ccccc1. The monoisotopic (exact) mass is 505 g/mol. The van der Waals surface area contributed by atoms with Crippen LogP contribution in [-0.4, -0.2) is 24.2 Å². The lowest BCUT2D eigenvalue weighted by atomic mass is 9.60. The third-order valence-electron chi connectivity index (χ3n) is 8.97. The molecule has 2 amide bonds. The zero-order chi connectivity index (χ0) is 26.7. The molecule has 38 heavy (non-hydrogen) atoms. The predicted octanol–water partition coefficient (Wildman–Crippen LogP) is 6.19. The highest BCUT2D eigenvalue weighted by Gasteiger charge is 2.80. The van der Waals surface area contributed by atoms with E-state index in [1.165, 1.54) is 4.90 Å². The van der Waals surface area contributed by atoms with E-state index >= 15 is 0 Å². The number of hydrogen-bond donors (Lipinski definition) is 0. The predicted molar refractivity (Wildman–Crippen MR) is 147 cm³/mol. The Morgan fingerprint density at radius 1 is 0.658 bits per heavy atom. The van der Waals surface area contributed by atoms with Crippen LogP contribution in [0.5, 0.6) is 5.75 Å². The van der Waals surface area contributed by atoms with E-state index in [1.807, 2.05) is 87.5 Å². The molecule has 2 aliphatic carbocycles. The summed E-state index contributed by atoms with van der Waals surface area (Å²) in [6.45, 7) is 6.24. The van der Waals surface area contributed by atoms with Crippen LogP contribution in [-0.2, 0) is 14.4 Å². The molecular weight excluding hydrogens is 474 g/mol. The molecule has 6 rings (SSSR count). The second-order valence-corrected chi connectivity index (χ2v) is 10.3. The van der Waals surface area contributed by atoms with Gasteiger partial charge in [0.1, 0.15) is 5.75 Å². The van der Waals surface area contributed by atoms with Gasteiger partial charge in [-0.15, -0.1) is 0 Å². The largest absolute Gasteiger partial charge is 0.492 e. The first-order valence-electron chi connectivity index (χ1n) is 13.5. The lowest BCUT2D eigenvalue weighted by Crippen LogP contribution is -2.42. The van der Waals surface area contributed by atoms with Crippen LogP contribution < -0.4 is 9.64 Å². The molecule has 3 aromatic rings. The molecule has 1 saturated heterocycles. The number of rotatable bonds is 7. The highest BCUT2D eigenvalue weighted by Crippen LogP contribution is 2.75. The van der Waals surface area contributed by atoms with E-state index in [1.54, 1.807) is 18.2 Å². The minimum atomic E-state index is -1.09. The highest BCUT2D eigenvalue weighted by atomic mass is 16.5. The standard InChI is InChI=1S/C33H31NO4/c1-4-32-25(21-15-9-7-10-16-21)26(22-17-11-8-12-18-22)33(5-2,31(32)37)28-27(32)29(35)34(30(28)36)23-19-13-14-20-24(23)38-6-3/h7-20,27-28H,4-6H2,1-3H3/t27-,28-,32+,33+/m1/s1. The average Bonchev–Trinajstić information content (AvgIpc) is 3.45. The molecule has 3 aromatic carbocycles. The number of ketones is 1. The minimum Gasteiger partial charge on any atom is -0.492 e. The van der Waals surface area contributed by atoms with Crippen LogP contribution in [0, 0.1) is 22.7 Å². The maximum Gasteiger partial charge on any atom is 0.239 e. The summed E-state index contributed by atoms with van der Waals surface area (Å²) in [4.78, 5) is 44.9. The minimum absolute atomic E-state index is 0.0159. The Balaban J connectivity index is 1.65. The maximum absolute atomic E-state index is 14.8. The van der Waals surface area contributed by atoms with Crippen LogP contribution in [0.25, 0.3) is 11.1 Å². The van der Waals surface area contributed by atoms with Crippen LogP contribution in [0.3, 0.4) is 0 Å². The van der Waals surface area contributed by atoms with Gasteiger partial charge in [-0.25, -0.2) is 4.90 Å². The number of imide groups is 1. The van der Waals surface area contributed by atoms with Crippen molar-refractivity contribution in [3.8, 4) is 5.75 Å². The second-order valence-electron chi connectivity index (χ2n) is 10.3. The molecule has 0 aromatic heterocycles. The lowest BCUT2D eigenvalue weighted by molar-refractivity contribution is -0.134. The molecule has 3 aliphatic rings. The molecule has 0 spiro atoms. The van der Waals surface area contributed by atoms with Gasteiger partial charge in [-0.2, -0.15) is 0 Å². The number of hydrogen-bond acceptors (Lipinski definition) is 4. The highest BCUT2D eigenvalue weighted by molar-refractivity contribution is 6.35. The number of amides is 2. The van der Waals surface area contributed by atoms with Gasteiger partial charge in [-0.05, 0) is 54.2 Å². The Hall–Kier alpha value is -3.99. The summed E-state index contributed by atoms with van der Waals surface area (Å²) >= 11 is 0. The van der Waals surface area contributed by atoms with Crippen molar-refractivity contribution in [1.82, 2.24) is 0 Å². The second kappa shape index (κ2) is 8.80. The summed E-state index contributed by atoms with van der Waals surface area (Å²) in [6, 6.07) is 27.0. The molecule has 0 unspecified atom stereocenters. The van der Waals surface area contributed by atoms with Crippen LogP contribution in [0.15, 0.2) is 84.9 Å². The third kappa shape index (κ3) is 2.85. The van der Waals surface area contributed by atoms with E-state index in [0.29, 0.717) is 30.9 Å². The zero-order valence-electron chi connectivity index (χ0n) is 21.9. The van der Waals surface area contributed by atoms with Gasteiger partial charge >= 0.3 is 0 Å². The number of benzene rings is 3. The smallest absolute Gasteiger partial charge is 0.239 e. The van der Waals surface area contributed by atoms with Crippen LogP contribution in [0.1, 0.15) is 44.7 Å². The van der Waals surface area contributed by atoms with Crippen LogP contribution >= 0.6 is 0 Å². The van der Waals surface area contributed by atoms with Crippen molar-refractivity contribution in [2.24, 2.45) is 22.7 Å². The quantitative estimate of drug-likeness (QED) is 0.359. The van der Waals surface area contributed by atoms with Crippen LogP contribution in [0.2, 0.25) is 0 Å². The molecule has 1 heterocycles. The van der Waals surface area contributed by atoms with Crippen molar-refractivity contribution < 1.29 is 19.1 Å². The first-order chi connectivity index (χ1) is 18.5. The van der Waals surface area contributed by atoms with Gasteiger partial charge in [-0.1, -0.05) is 86.6 Å². The fourth-order valence-electron chi connectivity index (χ4n) is 7.61. The fraction of sp³-hybridized carbons (Fsp3) is 0.303. The number of allylic oxidation sites excluding steroid dienone is 2. The third-order valence-corrected chi connectivity index (χ3v) is 8.97. The number of carbonyl (C=O) groups is 3. The van der Waals surface area contributed by atoms with E-state index < -0.39 is 22.7 Å². The maximum atomic E-state index is 14.8. The molecule has 1 aliphatic heterocycles. The van der Waals surface area contributed by atoms with Gasteiger partial charge in [0, 0.05) is 0 Å². The van der Waals surface area contributed by atoms with Crippen molar-refractivity contribution in [1.29, 1.82) is 0 Å². The summed E-state index contributed by atoms with van der Waals surface area (Å²) in [5.41, 5.74) is 1.95. The summed E-state index contributed by atoms with van der Waals surface area (Å²) in [6.07, 6.45) is 0.880. The molecule has 1 saturated carbocycles. The van der Waals surface area contributed by atoms with Crippen molar-refractivity contribution >= 4 is 34.4 Å². The van der Waals surface area contributed by atoms with Crippen molar-refractivity contribution in [2.45, 2.75) is 33.6 Å². The number of para-hydroxylation sites is 2. The Kier molecular flexibility index (Phi) is 5.64. The molecule has 2 bridgehead atoms. The number of ether oxygens (including phenoxy) is 1. The van der Waals surface area contributed by atoms with Crippen molar-refractivity contribution in [2.75, 3.05) is 11.5 Å². The normalized spacial score (nSPS) is 27.9. The zero-order valence-corrected chi connectivity index (χ0v) is 21.9. The van der Waals surface area contributed by atoms with Gasteiger partial charge in [0.15, 0.2) is 5.78 Å². The Morgan fingerprint density at radius 2 is 1.11 bits per heavy atom. The summed E-state index contributed by atoms with van der Waals surface area (Å²) in [7, 11) is 0. The van der Waals surface area contributed by atoms with Gasteiger partial charge in [0.2, 0.25) is 11.8 Å². The van der Waals surface area contributed by atoms with Gasteiger partial charge in [-0.3, -0.25) is 14.4 Å². The molecule has 5 heteroatoms. The summed E-state index contributed by atoms with van der Waals surface area (Å²) < 4.78 is 5.82. The Labute approximate surface area is 223 Å². The number of anilines is 1. The Bertz CT molecular complexity index is 1390. The molecule has 0 radical (unpaired) electrons. The first kappa shape index (κ1) is 24.4. The van der Waals surface area contributed by atoms with Gasteiger partial charge in [0.25, 0.3) is 0 Å². The molecule has 4 atom stereocenters. The number of fused-ring (bicyclic) bond motifs is 5. The van der Waals surface area contributed by atoms with E-state index in [-0.39, 0.29) is 17.6 Å². The first-order valence-corrected chi connectivity index (χ1v) is 13.5. The summed E-state index contributed by atoms with van der Waals surface area (Å²) in [5, 5.41) is 0. The van der Waals surface area contributed by atoms with E-state index in [2.05, 4.69) is 0 Å². The molecule has 192 valence electrons. The molecular formula is C33H31NO4. The fourth-order valence-corrected chi connectivity index (χ4v) is 7.61. The average molecular weight is 506 g/mol. The van der Waals surface area contributed by atoms with E-state index in [0.717, 1.165) is 22.3 Å². The molecule has 0 N–H and O–H groups in total. The topological polar surface area (TPSA) is 63.7 Å². The van der Waals surface area contributed by atoms with Crippen LogP contribution in [0.4, 0.5) is 5.69 Å². The molecule has 5 nitrogen and oxygen atoms in total. The lowest BCUT2D eigenvalue weighted by Gasteiger charge is -2.38. The van der Waals surface area contributed by atoms with Crippen molar-refractivity contribution in [3.05, 3.63) is 96.1 Å². The number of nitrogens with zero attached hydrogens (tertiary/aromatic N) is 1. The molecule has 2 fully saturated rings. The van der Waals surface area contributed by atoms with Crippen molar-refractivity contribution in [3.63, 3.8) is 0 Å². The number of Topliss-reactive ketones (excluding diaryl/α,β-unsaturated/α-hetero) is 1. The summed E-state index contributed by atoms with van der Waals surface area (Å²) in [5.74, 6) is -1.63. The van der Waals surface area contributed by atoms with Gasteiger partial charge < -0.3 is 4.74 Å². The Morgan fingerprint density at radius 3 is 1.55 bits per heavy atom. The van der Waals surface area contributed by atoms with Gasteiger partial charge in [0.05, 0.1) is 35.0 Å². The van der Waals surface area contributed by atoms with E-state index in [9.17, 15) is 14.4 Å². The number of carbonyl (C=O) groups excluding carboxylic acids is 3.